The summed E-state index contributed by atoms with van der Waals surface area (Å²) in [5, 5.41) is 10.4. The molecule has 1 saturated heterocycles. The van der Waals surface area contributed by atoms with E-state index >= 15 is 0 Å². The van der Waals surface area contributed by atoms with Gasteiger partial charge in [-0.15, -0.1) is 0 Å². The monoisotopic (exact) mass is 344 g/mol. The SMILES string of the molecule is Oc1ccc(F)cc1C1CCCN1c1ccc2ncnc(Cl)c2n1. The number of hydrogen-bond donors (Lipinski definition) is 1. The van der Waals surface area contributed by atoms with Crippen LogP contribution in [0.5, 0.6) is 5.75 Å². The molecule has 0 amide bonds. The molecule has 0 spiro atoms. The lowest BCUT2D eigenvalue weighted by Crippen LogP contribution is -2.23. The van der Waals surface area contributed by atoms with Crippen molar-refractivity contribution in [2.75, 3.05) is 11.4 Å². The molecule has 1 unspecified atom stereocenters. The van der Waals surface area contributed by atoms with Gasteiger partial charge in [-0.3, -0.25) is 0 Å². The molecular formula is C17H14ClFN4O. The molecule has 7 heteroatoms. The van der Waals surface area contributed by atoms with E-state index in [1.165, 1.54) is 24.5 Å². The second-order valence-electron chi connectivity index (χ2n) is 5.76. The van der Waals surface area contributed by atoms with Crippen LogP contribution in [0.4, 0.5) is 10.2 Å². The van der Waals surface area contributed by atoms with E-state index in [4.69, 9.17) is 11.6 Å². The van der Waals surface area contributed by atoms with Gasteiger partial charge in [-0.1, -0.05) is 11.6 Å². The predicted octanol–water partition coefficient (Wildman–Crippen LogP) is 3.86. The van der Waals surface area contributed by atoms with E-state index in [-0.39, 0.29) is 17.6 Å². The number of halogens is 2. The van der Waals surface area contributed by atoms with E-state index in [1.54, 1.807) is 0 Å². The first kappa shape index (κ1) is 15.1. The van der Waals surface area contributed by atoms with Crippen LogP contribution in [0.3, 0.4) is 0 Å². The maximum absolute atomic E-state index is 13.6. The van der Waals surface area contributed by atoms with Crippen molar-refractivity contribution in [3.05, 3.63) is 53.2 Å². The summed E-state index contributed by atoms with van der Waals surface area (Å²) in [6.45, 7) is 0.768. The Morgan fingerprint density at radius 1 is 1.21 bits per heavy atom. The zero-order chi connectivity index (χ0) is 16.7. The van der Waals surface area contributed by atoms with Crippen LogP contribution in [0.1, 0.15) is 24.4 Å². The minimum absolute atomic E-state index is 0.0930. The molecule has 122 valence electrons. The molecule has 1 aliphatic rings. The Kier molecular flexibility index (Phi) is 3.69. The van der Waals surface area contributed by atoms with Crippen molar-refractivity contribution in [1.29, 1.82) is 0 Å². The summed E-state index contributed by atoms with van der Waals surface area (Å²) in [6.07, 6.45) is 3.14. The van der Waals surface area contributed by atoms with Crippen LogP contribution in [-0.4, -0.2) is 26.6 Å². The van der Waals surface area contributed by atoms with Crippen LogP contribution in [0.15, 0.2) is 36.7 Å². The van der Waals surface area contributed by atoms with Crippen LogP contribution < -0.4 is 4.90 Å². The van der Waals surface area contributed by atoms with Crippen molar-refractivity contribution < 1.29 is 9.50 Å². The Hall–Kier alpha value is -2.47. The van der Waals surface area contributed by atoms with Crippen molar-refractivity contribution in [2.24, 2.45) is 0 Å². The largest absolute Gasteiger partial charge is 0.508 e. The number of phenolic OH excluding ortho intramolecular Hbond substituents is 1. The number of benzene rings is 1. The summed E-state index contributed by atoms with van der Waals surface area (Å²) in [6, 6.07) is 7.60. The number of fused-ring (bicyclic) bond motifs is 1. The minimum Gasteiger partial charge on any atom is -0.508 e. The van der Waals surface area contributed by atoms with Crippen molar-refractivity contribution in [3.63, 3.8) is 0 Å². The lowest BCUT2D eigenvalue weighted by molar-refractivity contribution is 0.458. The highest BCUT2D eigenvalue weighted by Gasteiger charge is 2.29. The van der Waals surface area contributed by atoms with Crippen molar-refractivity contribution in [1.82, 2.24) is 15.0 Å². The standard InChI is InChI=1S/C17H14ClFN4O/c18-17-16-12(20-9-21-17)4-6-15(22-16)23-7-1-2-13(23)11-8-10(19)3-5-14(11)24/h3-6,8-9,13,24H,1-2,7H2. The molecule has 1 aliphatic heterocycles. The maximum atomic E-state index is 13.6. The van der Waals surface area contributed by atoms with Crippen LogP contribution in [-0.2, 0) is 0 Å². The molecule has 1 atom stereocenters. The lowest BCUT2D eigenvalue weighted by Gasteiger charge is -2.26. The quantitative estimate of drug-likeness (QED) is 0.715. The van der Waals surface area contributed by atoms with Crippen LogP contribution in [0.2, 0.25) is 5.15 Å². The molecule has 4 rings (SSSR count). The lowest BCUT2D eigenvalue weighted by atomic mass is 10.0. The van der Waals surface area contributed by atoms with E-state index in [1.807, 2.05) is 12.1 Å². The zero-order valence-corrected chi connectivity index (χ0v) is 13.4. The van der Waals surface area contributed by atoms with Gasteiger partial charge in [0.05, 0.1) is 11.6 Å². The molecule has 0 radical (unpaired) electrons. The number of pyridine rings is 1. The maximum Gasteiger partial charge on any atom is 0.158 e. The zero-order valence-electron chi connectivity index (χ0n) is 12.7. The molecular weight excluding hydrogens is 331 g/mol. The fourth-order valence-electron chi connectivity index (χ4n) is 3.22. The number of aromatic hydroxyl groups is 1. The number of rotatable bonds is 2. The Morgan fingerprint density at radius 2 is 2.08 bits per heavy atom. The van der Waals surface area contributed by atoms with Gasteiger partial charge < -0.3 is 10.0 Å². The van der Waals surface area contributed by atoms with E-state index < -0.39 is 0 Å². The molecule has 3 aromatic rings. The molecule has 5 nitrogen and oxygen atoms in total. The molecule has 24 heavy (non-hydrogen) atoms. The molecule has 0 aliphatic carbocycles. The number of anilines is 1. The van der Waals surface area contributed by atoms with Gasteiger partial charge in [0.15, 0.2) is 5.15 Å². The number of hydrogen-bond acceptors (Lipinski definition) is 5. The van der Waals surface area contributed by atoms with Crippen molar-refractivity contribution >= 4 is 28.5 Å². The number of phenols is 1. The molecule has 1 fully saturated rings. The summed E-state index contributed by atoms with van der Waals surface area (Å²) in [5.41, 5.74) is 1.78. The van der Waals surface area contributed by atoms with Crippen LogP contribution >= 0.6 is 11.6 Å². The average Bonchev–Trinajstić information content (AvgIpc) is 3.06. The third-order valence-corrected chi connectivity index (χ3v) is 4.59. The van der Waals surface area contributed by atoms with Gasteiger partial charge in [-0.25, -0.2) is 19.3 Å². The average molecular weight is 345 g/mol. The van der Waals surface area contributed by atoms with Gasteiger partial charge in [0, 0.05) is 12.1 Å². The Bertz CT molecular complexity index is 920. The molecule has 3 heterocycles. The summed E-state index contributed by atoms with van der Waals surface area (Å²) >= 11 is 6.11. The van der Waals surface area contributed by atoms with Crippen molar-refractivity contribution in [2.45, 2.75) is 18.9 Å². The van der Waals surface area contributed by atoms with Gasteiger partial charge >= 0.3 is 0 Å². The third kappa shape index (κ3) is 2.53. The molecule has 2 aromatic heterocycles. The highest BCUT2D eigenvalue weighted by molar-refractivity contribution is 6.33. The predicted molar refractivity (Wildman–Crippen MR) is 89.7 cm³/mol. The molecule has 0 saturated carbocycles. The highest BCUT2D eigenvalue weighted by Crippen LogP contribution is 2.39. The summed E-state index contributed by atoms with van der Waals surface area (Å²) in [5.74, 6) is 0.443. The first-order chi connectivity index (χ1) is 11.6. The number of aromatic nitrogens is 3. The van der Waals surface area contributed by atoms with E-state index in [9.17, 15) is 9.50 Å². The topological polar surface area (TPSA) is 62.1 Å². The van der Waals surface area contributed by atoms with Gasteiger partial charge in [-0.05, 0) is 43.2 Å². The summed E-state index contributed by atoms with van der Waals surface area (Å²) < 4.78 is 13.6. The number of nitrogens with zero attached hydrogens (tertiary/aromatic N) is 4. The first-order valence-electron chi connectivity index (χ1n) is 7.66. The summed E-state index contributed by atoms with van der Waals surface area (Å²) in [4.78, 5) is 14.7. The van der Waals surface area contributed by atoms with Gasteiger partial charge in [-0.2, -0.15) is 0 Å². The molecule has 1 aromatic carbocycles. The normalized spacial score (nSPS) is 17.6. The second kappa shape index (κ2) is 5.87. The van der Waals surface area contributed by atoms with Gasteiger partial charge in [0.2, 0.25) is 0 Å². The molecule has 0 bridgehead atoms. The van der Waals surface area contributed by atoms with E-state index in [0.29, 0.717) is 27.6 Å². The van der Waals surface area contributed by atoms with Gasteiger partial charge in [0.1, 0.15) is 29.2 Å². The molecule has 1 N–H and O–H groups in total. The third-order valence-electron chi connectivity index (χ3n) is 4.32. The smallest absolute Gasteiger partial charge is 0.158 e. The summed E-state index contributed by atoms with van der Waals surface area (Å²) in [7, 11) is 0. The van der Waals surface area contributed by atoms with E-state index in [0.717, 1.165) is 19.4 Å². The Labute approximate surface area is 142 Å². The van der Waals surface area contributed by atoms with Crippen molar-refractivity contribution in [3.8, 4) is 5.75 Å². The Morgan fingerprint density at radius 3 is 2.96 bits per heavy atom. The second-order valence-corrected chi connectivity index (χ2v) is 6.11. The Balaban J connectivity index is 1.78. The minimum atomic E-state index is -0.363. The van der Waals surface area contributed by atoms with Crippen LogP contribution in [0.25, 0.3) is 11.0 Å². The highest BCUT2D eigenvalue weighted by atomic mass is 35.5. The fourth-order valence-corrected chi connectivity index (χ4v) is 3.40. The fraction of sp³-hybridized carbons (Fsp3) is 0.235. The van der Waals surface area contributed by atoms with Gasteiger partial charge in [0.25, 0.3) is 0 Å². The first-order valence-corrected chi connectivity index (χ1v) is 8.03. The van der Waals surface area contributed by atoms with Crippen LogP contribution in [0, 0.1) is 5.82 Å². The van der Waals surface area contributed by atoms with E-state index in [2.05, 4.69) is 19.9 Å².